The molecular weight excluding hydrogens is 190 g/mol. The van der Waals surface area contributed by atoms with E-state index in [2.05, 4.69) is 32.6 Å². The van der Waals surface area contributed by atoms with Crippen molar-refractivity contribution in [2.24, 2.45) is 0 Å². The lowest BCUT2D eigenvalue weighted by atomic mass is 10.4. The van der Waals surface area contributed by atoms with E-state index >= 15 is 0 Å². The van der Waals surface area contributed by atoms with Gasteiger partial charge in [-0.2, -0.15) is 0 Å². The van der Waals surface area contributed by atoms with Gasteiger partial charge < -0.3 is 9.47 Å². The Balaban J connectivity index is 3.96. The molecule has 0 heterocycles. The molecule has 0 aliphatic carbocycles. The highest BCUT2D eigenvalue weighted by atomic mass is 16.5. The molecule has 0 bridgehead atoms. The third-order valence-corrected chi connectivity index (χ3v) is 2.26. The van der Waals surface area contributed by atoms with Crippen LogP contribution in [0.5, 0.6) is 0 Å². The van der Waals surface area contributed by atoms with Crippen LogP contribution in [0.1, 0.15) is 47.5 Å². The molecule has 0 aromatic heterocycles. The summed E-state index contributed by atoms with van der Waals surface area (Å²) in [5.74, 6) is 0. The van der Waals surface area contributed by atoms with E-state index < -0.39 is 0 Å². The molecule has 0 aliphatic rings. The summed E-state index contributed by atoms with van der Waals surface area (Å²) in [6.45, 7) is 14.0. The maximum Gasteiger partial charge on any atom is 0.110 e. The largest absolute Gasteiger partial charge is 0.363 e. The lowest BCUT2D eigenvalue weighted by Gasteiger charge is -2.32. The van der Waals surface area contributed by atoms with Crippen molar-refractivity contribution in [2.45, 2.75) is 59.9 Å². The highest BCUT2D eigenvalue weighted by Crippen LogP contribution is 2.11. The molecule has 0 saturated carbocycles. The number of nitrogens with zero attached hydrogens (tertiary/aromatic N) is 1. The number of rotatable bonds is 9. The van der Waals surface area contributed by atoms with Gasteiger partial charge in [-0.1, -0.05) is 13.8 Å². The van der Waals surface area contributed by atoms with E-state index in [1.165, 1.54) is 0 Å². The lowest BCUT2D eigenvalue weighted by Crippen LogP contribution is -2.41. The molecule has 3 nitrogen and oxygen atoms in total. The first kappa shape index (κ1) is 14.9. The summed E-state index contributed by atoms with van der Waals surface area (Å²) in [5.41, 5.74) is 0. The zero-order chi connectivity index (χ0) is 11.7. The Kier molecular flexibility index (Phi) is 9.06. The minimum absolute atomic E-state index is 0.0850. The van der Waals surface area contributed by atoms with Crippen LogP contribution in [0.15, 0.2) is 0 Å². The molecule has 2 atom stereocenters. The van der Waals surface area contributed by atoms with Gasteiger partial charge in [-0.3, -0.25) is 0 Å². The van der Waals surface area contributed by atoms with Crippen molar-refractivity contribution < 1.29 is 9.47 Å². The standard InChI is InChI=1S/C12H26NO2/c1-6-9-14-11(4)13(8-3)12(5)15-10-7-2/h8,11-12H,6-7,9-10H2,1-5H3. The molecule has 0 amide bonds. The van der Waals surface area contributed by atoms with Crippen molar-refractivity contribution in [1.29, 1.82) is 0 Å². The predicted molar refractivity (Wildman–Crippen MR) is 63.2 cm³/mol. The Labute approximate surface area is 94.7 Å². The molecule has 3 heteroatoms. The van der Waals surface area contributed by atoms with Gasteiger partial charge >= 0.3 is 0 Å². The topological polar surface area (TPSA) is 21.7 Å². The summed E-state index contributed by atoms with van der Waals surface area (Å²) in [5, 5.41) is 0. The van der Waals surface area contributed by atoms with Crippen LogP contribution in [0.4, 0.5) is 0 Å². The maximum absolute atomic E-state index is 5.66. The molecule has 2 unspecified atom stereocenters. The first-order chi connectivity index (χ1) is 7.17. The van der Waals surface area contributed by atoms with Gasteiger partial charge in [0.25, 0.3) is 0 Å². The Morgan fingerprint density at radius 3 is 1.67 bits per heavy atom. The zero-order valence-electron chi connectivity index (χ0n) is 10.8. The molecule has 0 spiro atoms. The van der Waals surface area contributed by atoms with Crippen molar-refractivity contribution >= 4 is 0 Å². The number of ether oxygens (including phenoxy) is 2. The third kappa shape index (κ3) is 6.13. The van der Waals surface area contributed by atoms with Crippen molar-refractivity contribution in [1.82, 2.24) is 4.90 Å². The van der Waals surface area contributed by atoms with Crippen LogP contribution < -0.4 is 0 Å². The predicted octanol–water partition coefficient (Wildman–Crippen LogP) is 3.02. The van der Waals surface area contributed by atoms with Gasteiger partial charge in [0, 0.05) is 19.8 Å². The van der Waals surface area contributed by atoms with Crippen LogP contribution in [0.2, 0.25) is 0 Å². The monoisotopic (exact) mass is 216 g/mol. The summed E-state index contributed by atoms with van der Waals surface area (Å²) in [4.78, 5) is 2.10. The molecule has 0 aromatic carbocycles. The minimum Gasteiger partial charge on any atom is -0.363 e. The molecule has 1 radical (unpaired) electrons. The van der Waals surface area contributed by atoms with E-state index in [0.717, 1.165) is 26.1 Å². The van der Waals surface area contributed by atoms with E-state index in [-0.39, 0.29) is 12.5 Å². The molecule has 15 heavy (non-hydrogen) atoms. The summed E-state index contributed by atoms with van der Waals surface area (Å²) in [7, 11) is 0. The Morgan fingerprint density at radius 1 is 1.00 bits per heavy atom. The average molecular weight is 216 g/mol. The van der Waals surface area contributed by atoms with Crippen molar-refractivity contribution in [2.75, 3.05) is 13.2 Å². The SMILES string of the molecule is C[CH]N(C(C)OCCC)C(C)OCCC. The fourth-order valence-corrected chi connectivity index (χ4v) is 1.46. The molecule has 91 valence electrons. The average Bonchev–Trinajstić information content (AvgIpc) is 2.24. The van der Waals surface area contributed by atoms with Crippen molar-refractivity contribution in [3.8, 4) is 0 Å². The van der Waals surface area contributed by atoms with E-state index in [4.69, 9.17) is 9.47 Å². The van der Waals surface area contributed by atoms with Gasteiger partial charge in [0.1, 0.15) is 12.5 Å². The van der Waals surface area contributed by atoms with E-state index in [1.807, 2.05) is 13.5 Å². The second-order valence-electron chi connectivity index (χ2n) is 3.65. The van der Waals surface area contributed by atoms with Gasteiger partial charge in [-0.25, -0.2) is 4.90 Å². The Morgan fingerprint density at radius 2 is 1.40 bits per heavy atom. The zero-order valence-corrected chi connectivity index (χ0v) is 10.8. The van der Waals surface area contributed by atoms with Gasteiger partial charge in [0.15, 0.2) is 0 Å². The second kappa shape index (κ2) is 9.13. The quantitative estimate of drug-likeness (QED) is 0.553. The Bertz CT molecular complexity index is 128. The molecule has 0 aliphatic heterocycles. The first-order valence-electron chi connectivity index (χ1n) is 5.97. The highest BCUT2D eigenvalue weighted by Gasteiger charge is 2.18. The van der Waals surface area contributed by atoms with Crippen molar-refractivity contribution in [3.63, 3.8) is 0 Å². The van der Waals surface area contributed by atoms with E-state index in [0.29, 0.717) is 0 Å². The lowest BCUT2D eigenvalue weighted by molar-refractivity contribution is -0.125. The molecule has 0 rings (SSSR count). The number of hydrogen-bond donors (Lipinski definition) is 0. The van der Waals surface area contributed by atoms with Gasteiger partial charge in [0.2, 0.25) is 0 Å². The van der Waals surface area contributed by atoms with Gasteiger partial charge in [0.05, 0.1) is 0 Å². The fraction of sp³-hybridized carbons (Fsp3) is 0.917. The normalized spacial score (nSPS) is 15.6. The molecule has 0 fully saturated rings. The van der Waals surface area contributed by atoms with Crippen LogP contribution in [-0.2, 0) is 9.47 Å². The van der Waals surface area contributed by atoms with E-state index in [9.17, 15) is 0 Å². The minimum atomic E-state index is 0.0850. The van der Waals surface area contributed by atoms with Crippen molar-refractivity contribution in [3.05, 3.63) is 6.54 Å². The second-order valence-corrected chi connectivity index (χ2v) is 3.65. The fourth-order valence-electron chi connectivity index (χ4n) is 1.46. The molecular formula is C12H26NO2. The van der Waals surface area contributed by atoms with Gasteiger partial charge in [-0.15, -0.1) is 0 Å². The molecule has 0 N–H and O–H groups in total. The number of hydrogen-bond acceptors (Lipinski definition) is 3. The van der Waals surface area contributed by atoms with Crippen LogP contribution in [0.25, 0.3) is 0 Å². The van der Waals surface area contributed by atoms with Crippen LogP contribution in [0, 0.1) is 6.54 Å². The van der Waals surface area contributed by atoms with E-state index in [1.54, 1.807) is 0 Å². The summed E-state index contributed by atoms with van der Waals surface area (Å²) >= 11 is 0. The third-order valence-electron chi connectivity index (χ3n) is 2.26. The summed E-state index contributed by atoms with van der Waals surface area (Å²) < 4.78 is 11.3. The van der Waals surface area contributed by atoms with Crippen LogP contribution in [0.3, 0.4) is 0 Å². The first-order valence-corrected chi connectivity index (χ1v) is 5.97. The van der Waals surface area contributed by atoms with Crippen LogP contribution >= 0.6 is 0 Å². The smallest absolute Gasteiger partial charge is 0.110 e. The maximum atomic E-state index is 5.66. The molecule has 0 aromatic rings. The summed E-state index contributed by atoms with van der Waals surface area (Å²) in [6.07, 6.45) is 2.27. The van der Waals surface area contributed by atoms with Gasteiger partial charge in [-0.05, 0) is 33.6 Å². The summed E-state index contributed by atoms with van der Waals surface area (Å²) in [6, 6.07) is 0. The molecule has 0 saturated heterocycles. The highest BCUT2D eigenvalue weighted by molar-refractivity contribution is 4.67. The van der Waals surface area contributed by atoms with Crippen LogP contribution in [-0.4, -0.2) is 30.6 Å². The Hall–Kier alpha value is -0.120.